The molecule has 0 aliphatic heterocycles. The minimum absolute atomic E-state index is 0.0309. The van der Waals surface area contributed by atoms with Gasteiger partial charge in [-0.05, 0) is 24.6 Å². The van der Waals surface area contributed by atoms with E-state index >= 15 is 0 Å². The van der Waals surface area contributed by atoms with E-state index in [1.807, 2.05) is 12.1 Å². The molecule has 8 heteroatoms. The molecule has 3 N–H and O–H groups in total. The zero-order valence-electron chi connectivity index (χ0n) is 12.1. The van der Waals surface area contributed by atoms with Gasteiger partial charge in [-0.3, -0.25) is 9.59 Å². The molecule has 0 bridgehead atoms. The second kappa shape index (κ2) is 7.32. The number of aliphatic hydroxyl groups is 1. The average molecular weight is 303 g/mol. The van der Waals surface area contributed by atoms with Crippen molar-refractivity contribution in [1.82, 2.24) is 20.1 Å². The minimum atomic E-state index is -0.785. The van der Waals surface area contributed by atoms with Crippen LogP contribution in [-0.2, 0) is 16.1 Å². The standard InChI is InChI=1S/C14H17N5O3/c1-10(20)6-16-13(21)14(22)18-12-4-2-11(3-5-12)7-19-9-15-8-17-19/h2-5,8-10,20H,6-7H2,1H3,(H,16,21)(H,18,22). The predicted octanol–water partition coefficient (Wildman–Crippen LogP) is -0.238. The van der Waals surface area contributed by atoms with Gasteiger partial charge in [0, 0.05) is 12.2 Å². The Morgan fingerprint density at radius 1 is 1.27 bits per heavy atom. The number of nitrogens with one attached hydrogen (secondary N) is 2. The Bertz CT molecular complexity index is 622. The molecule has 8 nitrogen and oxygen atoms in total. The number of hydrogen-bond acceptors (Lipinski definition) is 5. The Morgan fingerprint density at radius 3 is 2.59 bits per heavy atom. The third-order valence-corrected chi connectivity index (χ3v) is 2.79. The fourth-order valence-corrected chi connectivity index (χ4v) is 1.70. The highest BCUT2D eigenvalue weighted by Crippen LogP contribution is 2.10. The van der Waals surface area contributed by atoms with Crippen LogP contribution in [0.2, 0.25) is 0 Å². The molecule has 1 aromatic carbocycles. The van der Waals surface area contributed by atoms with Crippen LogP contribution >= 0.6 is 0 Å². The molecule has 0 saturated carbocycles. The van der Waals surface area contributed by atoms with Gasteiger partial charge in [0.25, 0.3) is 0 Å². The number of rotatable bonds is 5. The van der Waals surface area contributed by atoms with E-state index in [4.69, 9.17) is 5.11 Å². The van der Waals surface area contributed by atoms with E-state index < -0.39 is 17.9 Å². The van der Waals surface area contributed by atoms with Gasteiger partial charge in [0.05, 0.1) is 12.6 Å². The maximum absolute atomic E-state index is 11.6. The summed E-state index contributed by atoms with van der Waals surface area (Å²) in [6.45, 7) is 2.12. The Balaban J connectivity index is 1.88. The van der Waals surface area contributed by atoms with Crippen LogP contribution < -0.4 is 10.6 Å². The van der Waals surface area contributed by atoms with Crippen molar-refractivity contribution in [3.05, 3.63) is 42.5 Å². The van der Waals surface area contributed by atoms with E-state index in [0.717, 1.165) is 5.56 Å². The highest BCUT2D eigenvalue weighted by molar-refractivity contribution is 6.39. The molecule has 0 radical (unpaired) electrons. The van der Waals surface area contributed by atoms with Gasteiger partial charge in [0.2, 0.25) is 0 Å². The Labute approximate surface area is 127 Å². The Hall–Kier alpha value is -2.74. The second-order valence-electron chi connectivity index (χ2n) is 4.80. The van der Waals surface area contributed by atoms with Gasteiger partial charge in [-0.2, -0.15) is 5.10 Å². The summed E-state index contributed by atoms with van der Waals surface area (Å²) in [5, 5.41) is 17.9. The van der Waals surface area contributed by atoms with Crippen molar-refractivity contribution in [2.75, 3.05) is 11.9 Å². The molecule has 116 valence electrons. The molecular formula is C14H17N5O3. The number of benzene rings is 1. The lowest BCUT2D eigenvalue weighted by atomic mass is 10.2. The molecule has 1 aromatic heterocycles. The summed E-state index contributed by atoms with van der Waals surface area (Å²) in [5.41, 5.74) is 1.50. The van der Waals surface area contributed by atoms with Crippen LogP contribution in [0.15, 0.2) is 36.9 Å². The first kappa shape index (κ1) is 15.6. The van der Waals surface area contributed by atoms with Gasteiger partial charge in [0.1, 0.15) is 12.7 Å². The number of amides is 2. The fourth-order valence-electron chi connectivity index (χ4n) is 1.70. The van der Waals surface area contributed by atoms with Crippen molar-refractivity contribution in [2.24, 2.45) is 0 Å². The zero-order valence-corrected chi connectivity index (χ0v) is 12.1. The highest BCUT2D eigenvalue weighted by Gasteiger charge is 2.13. The molecule has 1 heterocycles. The van der Waals surface area contributed by atoms with Gasteiger partial charge >= 0.3 is 11.8 Å². The van der Waals surface area contributed by atoms with Crippen LogP contribution in [0.4, 0.5) is 5.69 Å². The molecular weight excluding hydrogens is 286 g/mol. The lowest BCUT2D eigenvalue weighted by molar-refractivity contribution is -0.136. The van der Waals surface area contributed by atoms with Crippen molar-refractivity contribution in [3.8, 4) is 0 Å². The predicted molar refractivity (Wildman–Crippen MR) is 78.9 cm³/mol. The first-order chi connectivity index (χ1) is 10.5. The summed E-state index contributed by atoms with van der Waals surface area (Å²) in [7, 11) is 0. The summed E-state index contributed by atoms with van der Waals surface area (Å²) in [4.78, 5) is 27.0. The third-order valence-electron chi connectivity index (χ3n) is 2.79. The Morgan fingerprint density at radius 2 is 2.00 bits per heavy atom. The summed E-state index contributed by atoms with van der Waals surface area (Å²) >= 11 is 0. The van der Waals surface area contributed by atoms with E-state index in [9.17, 15) is 9.59 Å². The molecule has 22 heavy (non-hydrogen) atoms. The van der Waals surface area contributed by atoms with Gasteiger partial charge in [0.15, 0.2) is 0 Å². The normalized spacial score (nSPS) is 11.7. The lowest BCUT2D eigenvalue weighted by Crippen LogP contribution is -2.38. The van der Waals surface area contributed by atoms with Gasteiger partial charge in [-0.1, -0.05) is 12.1 Å². The summed E-state index contributed by atoms with van der Waals surface area (Å²) < 4.78 is 1.68. The van der Waals surface area contributed by atoms with Gasteiger partial charge < -0.3 is 15.7 Å². The number of hydrogen-bond donors (Lipinski definition) is 3. The summed E-state index contributed by atoms with van der Waals surface area (Å²) in [5.74, 6) is -1.56. The maximum atomic E-state index is 11.6. The summed E-state index contributed by atoms with van der Waals surface area (Å²) in [6.07, 6.45) is 2.37. The first-order valence-corrected chi connectivity index (χ1v) is 6.73. The number of aromatic nitrogens is 3. The zero-order chi connectivity index (χ0) is 15.9. The fraction of sp³-hybridized carbons (Fsp3) is 0.286. The largest absolute Gasteiger partial charge is 0.392 e. The van der Waals surface area contributed by atoms with Crippen LogP contribution in [-0.4, -0.2) is 44.3 Å². The van der Waals surface area contributed by atoms with E-state index in [0.29, 0.717) is 12.2 Å². The van der Waals surface area contributed by atoms with Crippen molar-refractivity contribution in [1.29, 1.82) is 0 Å². The molecule has 0 fully saturated rings. The van der Waals surface area contributed by atoms with Crippen LogP contribution in [0.25, 0.3) is 0 Å². The van der Waals surface area contributed by atoms with Crippen molar-refractivity contribution >= 4 is 17.5 Å². The monoisotopic (exact) mass is 303 g/mol. The molecule has 0 saturated heterocycles. The molecule has 0 aliphatic carbocycles. The quantitative estimate of drug-likeness (QED) is 0.661. The first-order valence-electron chi connectivity index (χ1n) is 6.73. The number of carbonyl (C=O) groups is 2. The SMILES string of the molecule is CC(O)CNC(=O)C(=O)Nc1ccc(Cn2cncn2)cc1. The van der Waals surface area contributed by atoms with Crippen LogP contribution in [0.5, 0.6) is 0 Å². The second-order valence-corrected chi connectivity index (χ2v) is 4.80. The number of carbonyl (C=O) groups excluding carboxylic acids is 2. The van der Waals surface area contributed by atoms with Crippen molar-refractivity contribution < 1.29 is 14.7 Å². The van der Waals surface area contributed by atoms with Crippen molar-refractivity contribution in [3.63, 3.8) is 0 Å². The van der Waals surface area contributed by atoms with Crippen LogP contribution in [0, 0.1) is 0 Å². The lowest BCUT2D eigenvalue weighted by Gasteiger charge is -2.08. The van der Waals surface area contributed by atoms with E-state index in [1.54, 1.807) is 23.1 Å². The topological polar surface area (TPSA) is 109 Å². The van der Waals surface area contributed by atoms with Crippen LogP contribution in [0.1, 0.15) is 12.5 Å². The molecule has 0 spiro atoms. The average Bonchev–Trinajstić information content (AvgIpc) is 2.99. The minimum Gasteiger partial charge on any atom is -0.392 e. The van der Waals surface area contributed by atoms with E-state index in [-0.39, 0.29) is 6.54 Å². The molecule has 1 atom stereocenters. The van der Waals surface area contributed by atoms with Gasteiger partial charge in [-0.15, -0.1) is 0 Å². The maximum Gasteiger partial charge on any atom is 0.313 e. The van der Waals surface area contributed by atoms with E-state index in [2.05, 4.69) is 20.7 Å². The Kier molecular flexibility index (Phi) is 5.21. The van der Waals surface area contributed by atoms with Crippen molar-refractivity contribution in [2.45, 2.75) is 19.6 Å². The number of aliphatic hydroxyl groups excluding tert-OH is 1. The highest BCUT2D eigenvalue weighted by atomic mass is 16.3. The smallest absolute Gasteiger partial charge is 0.313 e. The number of anilines is 1. The number of nitrogens with zero attached hydrogens (tertiary/aromatic N) is 3. The molecule has 0 aliphatic rings. The van der Waals surface area contributed by atoms with Gasteiger partial charge in [-0.25, -0.2) is 9.67 Å². The molecule has 1 unspecified atom stereocenters. The molecule has 2 rings (SSSR count). The van der Waals surface area contributed by atoms with E-state index in [1.165, 1.54) is 13.3 Å². The molecule has 2 amide bonds. The third kappa shape index (κ3) is 4.67. The van der Waals surface area contributed by atoms with Crippen LogP contribution in [0.3, 0.4) is 0 Å². The molecule has 2 aromatic rings. The summed E-state index contributed by atoms with van der Waals surface area (Å²) in [6, 6.07) is 7.05.